The number of nitrogens with one attached hydrogen (secondary N) is 1. The van der Waals surface area contributed by atoms with Crippen molar-refractivity contribution in [2.24, 2.45) is 0 Å². The van der Waals surface area contributed by atoms with Gasteiger partial charge >= 0.3 is 0 Å². The van der Waals surface area contributed by atoms with Gasteiger partial charge in [0.05, 0.1) is 10.4 Å². The molecule has 1 aliphatic heterocycles. The van der Waals surface area contributed by atoms with Crippen molar-refractivity contribution in [3.63, 3.8) is 0 Å². The molecule has 112 valence electrons. The van der Waals surface area contributed by atoms with Crippen LogP contribution in [0.4, 0.5) is 4.79 Å². The average Bonchev–Trinajstić information content (AvgIpc) is 3.09. The molecule has 3 aromatic rings. The van der Waals surface area contributed by atoms with Gasteiger partial charge in [0.1, 0.15) is 0 Å². The highest BCUT2D eigenvalue weighted by atomic mass is 32.2. The van der Waals surface area contributed by atoms with Crippen LogP contribution in [0.3, 0.4) is 0 Å². The summed E-state index contributed by atoms with van der Waals surface area (Å²) in [7, 11) is 0. The van der Waals surface area contributed by atoms with Crippen LogP contribution < -0.4 is 5.32 Å². The molecule has 0 atom stereocenters. The van der Waals surface area contributed by atoms with E-state index in [1.807, 2.05) is 60.8 Å². The van der Waals surface area contributed by atoms with Crippen LogP contribution in [0.5, 0.6) is 0 Å². The standard InChI is InChI=1S/C18H12N2O2S/c21-17-16(23-18(22)19-17)10-12-11-20(13-6-2-1-3-7-13)15-9-5-4-8-14(12)15/h1-11H,(H,19,21,22). The highest BCUT2D eigenvalue weighted by Crippen LogP contribution is 2.30. The Morgan fingerprint density at radius 3 is 2.43 bits per heavy atom. The number of rotatable bonds is 2. The Kier molecular flexibility index (Phi) is 3.28. The van der Waals surface area contributed by atoms with E-state index < -0.39 is 0 Å². The Morgan fingerprint density at radius 1 is 0.957 bits per heavy atom. The molecule has 23 heavy (non-hydrogen) atoms. The van der Waals surface area contributed by atoms with Crippen LogP contribution in [0.1, 0.15) is 5.56 Å². The minimum Gasteiger partial charge on any atom is -0.316 e. The Hall–Kier alpha value is -2.79. The van der Waals surface area contributed by atoms with Gasteiger partial charge in [-0.25, -0.2) is 0 Å². The molecular formula is C18H12N2O2S. The molecule has 2 aromatic carbocycles. The molecule has 0 saturated carbocycles. The van der Waals surface area contributed by atoms with Gasteiger partial charge in [-0.05, 0) is 36.0 Å². The summed E-state index contributed by atoms with van der Waals surface area (Å²) in [4.78, 5) is 23.5. The van der Waals surface area contributed by atoms with E-state index in [-0.39, 0.29) is 11.1 Å². The first-order valence-electron chi connectivity index (χ1n) is 7.13. The molecule has 0 radical (unpaired) electrons. The largest absolute Gasteiger partial charge is 0.316 e. The van der Waals surface area contributed by atoms with Crippen LogP contribution in [0, 0.1) is 0 Å². The minimum atomic E-state index is -0.337. The number of amides is 2. The summed E-state index contributed by atoms with van der Waals surface area (Å²) in [5, 5.41) is 3.00. The van der Waals surface area contributed by atoms with Gasteiger partial charge in [0.2, 0.25) is 0 Å². The van der Waals surface area contributed by atoms with Crippen LogP contribution in [-0.4, -0.2) is 15.7 Å². The van der Waals surface area contributed by atoms with Crippen molar-refractivity contribution in [3.8, 4) is 5.69 Å². The van der Waals surface area contributed by atoms with Gasteiger partial charge in [-0.2, -0.15) is 0 Å². The van der Waals surface area contributed by atoms with Gasteiger partial charge in [0.15, 0.2) is 0 Å². The quantitative estimate of drug-likeness (QED) is 0.727. The van der Waals surface area contributed by atoms with E-state index in [2.05, 4.69) is 9.88 Å². The second-order valence-electron chi connectivity index (χ2n) is 5.16. The third-order valence-corrected chi connectivity index (χ3v) is 4.52. The monoisotopic (exact) mass is 320 g/mol. The molecule has 5 heteroatoms. The Labute approximate surface area is 136 Å². The predicted octanol–water partition coefficient (Wildman–Crippen LogP) is 3.95. The normalized spacial score (nSPS) is 16.3. The lowest BCUT2D eigenvalue weighted by Crippen LogP contribution is -2.17. The smallest absolute Gasteiger partial charge is 0.290 e. The summed E-state index contributed by atoms with van der Waals surface area (Å²) in [5.74, 6) is -0.337. The fourth-order valence-electron chi connectivity index (χ4n) is 2.69. The highest BCUT2D eigenvalue weighted by molar-refractivity contribution is 8.18. The first kappa shape index (κ1) is 13.8. The third kappa shape index (κ3) is 2.45. The fourth-order valence-corrected chi connectivity index (χ4v) is 3.36. The molecule has 1 fully saturated rings. The number of para-hydroxylation sites is 2. The molecule has 1 N–H and O–H groups in total. The van der Waals surface area contributed by atoms with Gasteiger partial charge in [-0.15, -0.1) is 0 Å². The van der Waals surface area contributed by atoms with Crippen LogP contribution in [0.2, 0.25) is 0 Å². The molecule has 4 nitrogen and oxygen atoms in total. The molecule has 1 aromatic heterocycles. The first-order chi connectivity index (χ1) is 11.2. The Balaban J connectivity index is 1.90. The molecule has 4 rings (SSSR count). The number of thioether (sulfide) groups is 1. The maximum atomic E-state index is 11.8. The minimum absolute atomic E-state index is 0.326. The van der Waals surface area contributed by atoms with Crippen molar-refractivity contribution >= 4 is 39.9 Å². The van der Waals surface area contributed by atoms with Gasteiger partial charge in [0, 0.05) is 22.8 Å². The molecule has 1 saturated heterocycles. The van der Waals surface area contributed by atoms with Crippen molar-refractivity contribution in [3.05, 3.63) is 71.3 Å². The number of hydrogen-bond donors (Lipinski definition) is 1. The van der Waals surface area contributed by atoms with E-state index in [4.69, 9.17) is 0 Å². The van der Waals surface area contributed by atoms with Crippen molar-refractivity contribution in [1.29, 1.82) is 0 Å². The number of benzene rings is 2. The maximum absolute atomic E-state index is 11.8. The molecule has 0 bridgehead atoms. The van der Waals surface area contributed by atoms with Crippen molar-refractivity contribution in [2.45, 2.75) is 0 Å². The molecule has 2 heterocycles. The zero-order chi connectivity index (χ0) is 15.8. The molecule has 2 amide bonds. The topological polar surface area (TPSA) is 51.1 Å². The summed E-state index contributed by atoms with van der Waals surface area (Å²) in [5.41, 5.74) is 3.02. The summed E-state index contributed by atoms with van der Waals surface area (Å²) >= 11 is 0.934. The number of fused-ring (bicyclic) bond motifs is 1. The van der Waals surface area contributed by atoms with Crippen molar-refractivity contribution in [1.82, 2.24) is 9.88 Å². The second kappa shape index (κ2) is 5.44. The van der Waals surface area contributed by atoms with E-state index in [0.29, 0.717) is 4.91 Å². The third-order valence-electron chi connectivity index (χ3n) is 3.71. The molecular weight excluding hydrogens is 308 g/mol. The number of carbonyl (C=O) groups is 2. The van der Waals surface area contributed by atoms with E-state index in [9.17, 15) is 9.59 Å². The lowest BCUT2D eigenvalue weighted by atomic mass is 10.1. The SMILES string of the molecule is O=C1NC(=O)C(=Cc2cn(-c3ccccc3)c3ccccc23)S1. The zero-order valence-electron chi connectivity index (χ0n) is 12.0. The fraction of sp³-hybridized carbons (Fsp3) is 0. The lowest BCUT2D eigenvalue weighted by Gasteiger charge is -2.04. The van der Waals surface area contributed by atoms with E-state index >= 15 is 0 Å². The average molecular weight is 320 g/mol. The number of hydrogen-bond acceptors (Lipinski definition) is 3. The van der Waals surface area contributed by atoms with Gasteiger partial charge in [-0.3, -0.25) is 14.9 Å². The van der Waals surface area contributed by atoms with Crippen molar-refractivity contribution < 1.29 is 9.59 Å². The number of imide groups is 1. The molecule has 1 aliphatic rings. The Morgan fingerprint density at radius 2 is 1.70 bits per heavy atom. The number of aromatic nitrogens is 1. The first-order valence-corrected chi connectivity index (χ1v) is 7.94. The van der Waals surface area contributed by atoms with Gasteiger partial charge in [-0.1, -0.05) is 36.4 Å². The summed E-state index contributed by atoms with van der Waals surface area (Å²) < 4.78 is 2.08. The predicted molar refractivity (Wildman–Crippen MR) is 92.4 cm³/mol. The maximum Gasteiger partial charge on any atom is 0.290 e. The zero-order valence-corrected chi connectivity index (χ0v) is 12.8. The van der Waals surface area contributed by atoms with Crippen molar-refractivity contribution in [2.75, 3.05) is 0 Å². The van der Waals surface area contributed by atoms with Gasteiger partial charge in [0.25, 0.3) is 11.1 Å². The van der Waals surface area contributed by atoms with E-state index in [0.717, 1.165) is 33.9 Å². The van der Waals surface area contributed by atoms with Crippen LogP contribution in [0.15, 0.2) is 65.7 Å². The lowest BCUT2D eigenvalue weighted by molar-refractivity contribution is -0.115. The number of carbonyl (C=O) groups excluding carboxylic acids is 2. The van der Waals surface area contributed by atoms with E-state index in [1.165, 1.54) is 0 Å². The van der Waals surface area contributed by atoms with Crippen LogP contribution in [-0.2, 0) is 4.79 Å². The molecule has 0 aliphatic carbocycles. The van der Waals surface area contributed by atoms with Crippen LogP contribution >= 0.6 is 11.8 Å². The second-order valence-corrected chi connectivity index (χ2v) is 6.17. The van der Waals surface area contributed by atoms with Gasteiger partial charge < -0.3 is 4.57 Å². The number of nitrogens with zero attached hydrogens (tertiary/aromatic N) is 1. The Bertz CT molecular complexity index is 958. The van der Waals surface area contributed by atoms with Crippen LogP contribution in [0.25, 0.3) is 22.7 Å². The summed E-state index contributed by atoms with van der Waals surface area (Å²) in [6.45, 7) is 0. The van der Waals surface area contributed by atoms with E-state index in [1.54, 1.807) is 6.08 Å². The summed E-state index contributed by atoms with van der Waals surface area (Å²) in [6.07, 6.45) is 3.76. The molecule has 0 unspecified atom stereocenters. The molecule has 0 spiro atoms. The highest BCUT2D eigenvalue weighted by Gasteiger charge is 2.25. The summed E-state index contributed by atoms with van der Waals surface area (Å²) in [6, 6.07) is 18.0.